The van der Waals surface area contributed by atoms with E-state index in [4.69, 9.17) is 4.74 Å². The van der Waals surface area contributed by atoms with E-state index in [9.17, 15) is 4.79 Å². The van der Waals surface area contributed by atoms with Crippen LogP contribution in [0.1, 0.15) is 28.8 Å². The van der Waals surface area contributed by atoms with Crippen molar-refractivity contribution in [1.82, 2.24) is 14.9 Å². The number of rotatable bonds is 4. The first kappa shape index (κ1) is 17.5. The Kier molecular flexibility index (Phi) is 5.01. The van der Waals surface area contributed by atoms with Crippen molar-refractivity contribution >= 4 is 16.8 Å². The fraction of sp³-hybridized carbons (Fsp3) is 0.318. The summed E-state index contributed by atoms with van der Waals surface area (Å²) in [5, 5.41) is 1.19. The molecule has 3 heterocycles. The zero-order chi connectivity index (χ0) is 18.6. The van der Waals surface area contributed by atoms with Gasteiger partial charge in [0.1, 0.15) is 5.56 Å². The SMILES string of the molecule is COc1ncccc1C(=O)N1CCC(Cc2cccc3cccnc23)CC1. The molecule has 4 rings (SSSR count). The Bertz CT molecular complexity index is 944. The largest absolute Gasteiger partial charge is 0.480 e. The molecule has 3 aromatic rings. The van der Waals surface area contributed by atoms with E-state index in [-0.39, 0.29) is 5.91 Å². The number of para-hydroxylation sites is 1. The van der Waals surface area contributed by atoms with Gasteiger partial charge in [-0.25, -0.2) is 4.98 Å². The second-order valence-corrected chi connectivity index (χ2v) is 6.99. The van der Waals surface area contributed by atoms with Gasteiger partial charge >= 0.3 is 0 Å². The third kappa shape index (κ3) is 3.63. The van der Waals surface area contributed by atoms with Crippen LogP contribution >= 0.6 is 0 Å². The number of fused-ring (bicyclic) bond motifs is 1. The van der Waals surface area contributed by atoms with Crippen molar-refractivity contribution in [3.05, 3.63) is 66.0 Å². The van der Waals surface area contributed by atoms with Crippen LogP contribution in [0.5, 0.6) is 5.88 Å². The third-order valence-electron chi connectivity index (χ3n) is 5.32. The standard InChI is InChI=1S/C22H23N3O2/c1-27-21-19(8-4-12-24-21)22(26)25-13-9-16(10-14-25)15-18-6-2-5-17-7-3-11-23-20(17)18/h2-8,11-12,16H,9-10,13-15H2,1H3. The summed E-state index contributed by atoms with van der Waals surface area (Å²) in [5.74, 6) is 0.967. The topological polar surface area (TPSA) is 55.3 Å². The van der Waals surface area contributed by atoms with Gasteiger partial charge in [0.15, 0.2) is 0 Å². The molecule has 5 nitrogen and oxygen atoms in total. The molecule has 1 saturated heterocycles. The minimum Gasteiger partial charge on any atom is -0.480 e. The molecule has 138 valence electrons. The minimum atomic E-state index is 0.00484. The molecule has 0 atom stereocenters. The zero-order valence-corrected chi connectivity index (χ0v) is 15.5. The molecule has 1 amide bonds. The molecule has 0 radical (unpaired) electrons. The summed E-state index contributed by atoms with van der Waals surface area (Å²) < 4.78 is 5.23. The second-order valence-electron chi connectivity index (χ2n) is 6.99. The molecular formula is C22H23N3O2. The van der Waals surface area contributed by atoms with Crippen LogP contribution < -0.4 is 4.74 Å². The molecule has 5 heteroatoms. The van der Waals surface area contributed by atoms with Crippen LogP contribution in [0.4, 0.5) is 0 Å². The predicted molar refractivity (Wildman–Crippen MR) is 105 cm³/mol. The molecule has 1 aromatic carbocycles. The van der Waals surface area contributed by atoms with Gasteiger partial charge in [-0.2, -0.15) is 0 Å². The molecule has 0 aliphatic carbocycles. The molecule has 0 bridgehead atoms. The van der Waals surface area contributed by atoms with E-state index in [0.717, 1.165) is 37.9 Å². The molecule has 2 aromatic heterocycles. The number of hydrogen-bond acceptors (Lipinski definition) is 4. The van der Waals surface area contributed by atoms with Gasteiger partial charge in [0.05, 0.1) is 12.6 Å². The Morgan fingerprint density at radius 2 is 1.81 bits per heavy atom. The number of likely N-dealkylation sites (tertiary alicyclic amines) is 1. The molecular weight excluding hydrogens is 338 g/mol. The Hall–Kier alpha value is -2.95. The highest BCUT2D eigenvalue weighted by Gasteiger charge is 2.26. The van der Waals surface area contributed by atoms with Gasteiger partial charge in [0.25, 0.3) is 5.91 Å². The Labute approximate surface area is 159 Å². The van der Waals surface area contributed by atoms with Gasteiger partial charge in [-0.1, -0.05) is 24.3 Å². The number of nitrogens with zero attached hydrogens (tertiary/aromatic N) is 3. The second kappa shape index (κ2) is 7.74. The highest BCUT2D eigenvalue weighted by molar-refractivity contribution is 5.96. The molecule has 1 aliphatic rings. The fourth-order valence-electron chi connectivity index (χ4n) is 3.87. The summed E-state index contributed by atoms with van der Waals surface area (Å²) in [4.78, 5) is 23.4. The zero-order valence-electron chi connectivity index (χ0n) is 15.5. The quantitative estimate of drug-likeness (QED) is 0.710. The van der Waals surface area contributed by atoms with E-state index in [1.54, 1.807) is 25.4 Å². The molecule has 0 saturated carbocycles. The van der Waals surface area contributed by atoms with Crippen molar-refractivity contribution in [3.63, 3.8) is 0 Å². The number of benzene rings is 1. The molecule has 0 spiro atoms. The van der Waals surface area contributed by atoms with Crippen LogP contribution in [0.3, 0.4) is 0 Å². The van der Waals surface area contributed by atoms with Gasteiger partial charge in [0.2, 0.25) is 5.88 Å². The van der Waals surface area contributed by atoms with Crippen molar-refractivity contribution in [2.75, 3.05) is 20.2 Å². The lowest BCUT2D eigenvalue weighted by Gasteiger charge is -2.32. The first-order valence-electron chi connectivity index (χ1n) is 9.37. The number of methoxy groups -OCH3 is 1. The number of hydrogen-bond donors (Lipinski definition) is 0. The maximum absolute atomic E-state index is 12.8. The number of piperidine rings is 1. The number of carbonyl (C=O) groups excluding carboxylic acids is 1. The normalized spacial score (nSPS) is 15.1. The van der Waals surface area contributed by atoms with Crippen LogP contribution in [0.2, 0.25) is 0 Å². The Morgan fingerprint density at radius 1 is 1.07 bits per heavy atom. The van der Waals surface area contributed by atoms with Gasteiger partial charge in [-0.15, -0.1) is 0 Å². The van der Waals surface area contributed by atoms with Gasteiger partial charge in [0, 0.05) is 30.9 Å². The van der Waals surface area contributed by atoms with Crippen molar-refractivity contribution < 1.29 is 9.53 Å². The Balaban J connectivity index is 1.42. The average Bonchev–Trinajstić information content (AvgIpc) is 2.74. The first-order valence-corrected chi connectivity index (χ1v) is 9.37. The fourth-order valence-corrected chi connectivity index (χ4v) is 3.87. The monoisotopic (exact) mass is 361 g/mol. The lowest BCUT2D eigenvalue weighted by Crippen LogP contribution is -2.39. The molecule has 0 N–H and O–H groups in total. The molecule has 27 heavy (non-hydrogen) atoms. The van der Waals surface area contributed by atoms with Gasteiger partial charge in [-0.05, 0) is 48.9 Å². The van der Waals surface area contributed by atoms with E-state index in [1.807, 2.05) is 17.2 Å². The van der Waals surface area contributed by atoms with Crippen molar-refractivity contribution in [2.45, 2.75) is 19.3 Å². The van der Waals surface area contributed by atoms with Crippen LogP contribution in [-0.2, 0) is 6.42 Å². The van der Waals surface area contributed by atoms with E-state index < -0.39 is 0 Å². The van der Waals surface area contributed by atoms with E-state index in [1.165, 1.54) is 10.9 Å². The summed E-state index contributed by atoms with van der Waals surface area (Å²) in [5.41, 5.74) is 2.93. The maximum Gasteiger partial charge on any atom is 0.259 e. The average molecular weight is 361 g/mol. The Morgan fingerprint density at radius 3 is 2.63 bits per heavy atom. The van der Waals surface area contributed by atoms with Gasteiger partial charge < -0.3 is 9.64 Å². The summed E-state index contributed by atoms with van der Waals surface area (Å²) in [6, 6.07) is 14.0. The number of amides is 1. The molecule has 0 unspecified atom stereocenters. The predicted octanol–water partition coefficient (Wildman–Crippen LogP) is 3.73. The van der Waals surface area contributed by atoms with Crippen LogP contribution in [0, 0.1) is 5.92 Å². The van der Waals surface area contributed by atoms with Crippen molar-refractivity contribution in [2.24, 2.45) is 5.92 Å². The van der Waals surface area contributed by atoms with Crippen LogP contribution in [0.15, 0.2) is 54.9 Å². The highest BCUT2D eigenvalue weighted by Crippen LogP contribution is 2.27. The van der Waals surface area contributed by atoms with Crippen molar-refractivity contribution in [1.29, 1.82) is 0 Å². The number of carbonyl (C=O) groups is 1. The van der Waals surface area contributed by atoms with Crippen LogP contribution in [-0.4, -0.2) is 41.0 Å². The maximum atomic E-state index is 12.8. The lowest BCUT2D eigenvalue weighted by atomic mass is 9.89. The lowest BCUT2D eigenvalue weighted by molar-refractivity contribution is 0.0686. The molecule has 1 aliphatic heterocycles. The summed E-state index contributed by atoms with van der Waals surface area (Å²) >= 11 is 0. The summed E-state index contributed by atoms with van der Waals surface area (Å²) in [6.07, 6.45) is 6.50. The van der Waals surface area contributed by atoms with Gasteiger partial charge in [-0.3, -0.25) is 9.78 Å². The van der Waals surface area contributed by atoms with E-state index in [2.05, 4.69) is 34.2 Å². The number of pyridine rings is 2. The highest BCUT2D eigenvalue weighted by atomic mass is 16.5. The first-order chi connectivity index (χ1) is 13.3. The van der Waals surface area contributed by atoms with Crippen LogP contribution in [0.25, 0.3) is 10.9 Å². The minimum absolute atomic E-state index is 0.00484. The van der Waals surface area contributed by atoms with Crippen molar-refractivity contribution in [3.8, 4) is 5.88 Å². The smallest absolute Gasteiger partial charge is 0.259 e. The number of ether oxygens (including phenoxy) is 1. The third-order valence-corrected chi connectivity index (χ3v) is 5.32. The number of aromatic nitrogens is 2. The molecule has 1 fully saturated rings. The van der Waals surface area contributed by atoms with E-state index in [0.29, 0.717) is 17.4 Å². The summed E-state index contributed by atoms with van der Waals surface area (Å²) in [6.45, 7) is 1.53. The van der Waals surface area contributed by atoms with E-state index >= 15 is 0 Å². The summed E-state index contributed by atoms with van der Waals surface area (Å²) in [7, 11) is 1.55.